The topological polar surface area (TPSA) is 42.0 Å². The van der Waals surface area contributed by atoms with Gasteiger partial charge in [0.1, 0.15) is 5.82 Å². The predicted molar refractivity (Wildman–Crippen MR) is 92.3 cm³/mol. The molecule has 3 nitrogen and oxygen atoms in total. The molecule has 0 aliphatic carbocycles. The molecular formula is C19H14ClFN2O. The summed E-state index contributed by atoms with van der Waals surface area (Å²) in [6, 6.07) is 16.9. The summed E-state index contributed by atoms with van der Waals surface area (Å²) in [7, 11) is 0. The van der Waals surface area contributed by atoms with Gasteiger partial charge in [0.15, 0.2) is 0 Å². The smallest absolute Gasteiger partial charge is 0.253 e. The maximum absolute atomic E-state index is 13.3. The number of halogens is 2. The Hall–Kier alpha value is -2.72. The first kappa shape index (κ1) is 16.1. The van der Waals surface area contributed by atoms with Crippen molar-refractivity contribution in [2.24, 2.45) is 0 Å². The maximum atomic E-state index is 13.3. The van der Waals surface area contributed by atoms with E-state index in [1.54, 1.807) is 30.3 Å². The first-order chi connectivity index (χ1) is 11.6. The van der Waals surface area contributed by atoms with E-state index in [2.05, 4.69) is 10.3 Å². The summed E-state index contributed by atoms with van der Waals surface area (Å²) < 4.78 is 13.3. The van der Waals surface area contributed by atoms with Gasteiger partial charge in [-0.15, -0.1) is 0 Å². The number of hydrogen-bond donors (Lipinski definition) is 1. The van der Waals surface area contributed by atoms with Crippen LogP contribution in [-0.4, -0.2) is 10.9 Å². The van der Waals surface area contributed by atoms with E-state index in [-0.39, 0.29) is 11.7 Å². The van der Waals surface area contributed by atoms with E-state index in [1.807, 2.05) is 18.2 Å². The van der Waals surface area contributed by atoms with Crippen molar-refractivity contribution in [1.82, 2.24) is 10.3 Å². The lowest BCUT2D eigenvalue weighted by Crippen LogP contribution is -2.23. The summed E-state index contributed by atoms with van der Waals surface area (Å²) in [5.74, 6) is -0.566. The van der Waals surface area contributed by atoms with Crippen LogP contribution in [0.2, 0.25) is 5.02 Å². The van der Waals surface area contributed by atoms with Crippen molar-refractivity contribution in [1.29, 1.82) is 0 Å². The van der Waals surface area contributed by atoms with E-state index >= 15 is 0 Å². The zero-order valence-electron chi connectivity index (χ0n) is 12.7. The van der Waals surface area contributed by atoms with E-state index in [4.69, 9.17) is 11.6 Å². The minimum absolute atomic E-state index is 0.242. The molecule has 0 fully saturated rings. The largest absolute Gasteiger partial charge is 0.348 e. The number of hydrogen-bond acceptors (Lipinski definition) is 2. The number of aromatic nitrogens is 1. The van der Waals surface area contributed by atoms with Crippen LogP contribution in [-0.2, 0) is 6.54 Å². The Morgan fingerprint density at radius 2 is 1.92 bits per heavy atom. The van der Waals surface area contributed by atoms with Gasteiger partial charge in [0.25, 0.3) is 5.91 Å². The molecule has 1 N–H and O–H groups in total. The Balaban J connectivity index is 1.69. The normalized spacial score (nSPS) is 10.4. The molecule has 5 heteroatoms. The fraction of sp³-hybridized carbons (Fsp3) is 0.0526. The minimum atomic E-state index is -0.323. The van der Waals surface area contributed by atoms with Gasteiger partial charge in [0.2, 0.25) is 0 Å². The molecular weight excluding hydrogens is 327 g/mol. The Morgan fingerprint density at radius 1 is 1.08 bits per heavy atom. The number of rotatable bonds is 4. The van der Waals surface area contributed by atoms with E-state index in [9.17, 15) is 9.18 Å². The van der Waals surface area contributed by atoms with Crippen LogP contribution in [0, 0.1) is 5.82 Å². The average Bonchev–Trinajstić information content (AvgIpc) is 2.61. The maximum Gasteiger partial charge on any atom is 0.253 e. The fourth-order valence-electron chi connectivity index (χ4n) is 2.27. The molecule has 24 heavy (non-hydrogen) atoms. The number of nitrogens with zero attached hydrogens (tertiary/aromatic N) is 1. The highest BCUT2D eigenvalue weighted by atomic mass is 35.5. The Morgan fingerprint density at radius 3 is 2.62 bits per heavy atom. The summed E-state index contributed by atoms with van der Waals surface area (Å²) in [5, 5.41) is 3.41. The van der Waals surface area contributed by atoms with Gasteiger partial charge in [-0.05, 0) is 35.9 Å². The summed E-state index contributed by atoms with van der Waals surface area (Å²) in [5.41, 5.74) is 2.55. The van der Waals surface area contributed by atoms with Gasteiger partial charge in [-0.25, -0.2) is 4.39 Å². The molecule has 0 saturated carbocycles. The van der Waals surface area contributed by atoms with Gasteiger partial charge in [0.05, 0.1) is 11.3 Å². The quantitative estimate of drug-likeness (QED) is 0.761. The van der Waals surface area contributed by atoms with Crippen molar-refractivity contribution < 1.29 is 9.18 Å². The molecule has 0 spiro atoms. The number of pyridine rings is 1. The SMILES string of the molecule is O=C(NCc1ccccc1Cl)c1ccc(-c2cccc(F)c2)nc1. The lowest BCUT2D eigenvalue weighted by Gasteiger charge is -2.07. The lowest BCUT2D eigenvalue weighted by molar-refractivity contribution is 0.0950. The number of carbonyl (C=O) groups excluding carboxylic acids is 1. The molecule has 1 aromatic heterocycles. The average molecular weight is 341 g/mol. The molecule has 0 saturated heterocycles. The number of amides is 1. The monoisotopic (exact) mass is 340 g/mol. The molecule has 1 heterocycles. The molecule has 0 radical (unpaired) electrons. The summed E-state index contributed by atoms with van der Waals surface area (Å²) in [6.07, 6.45) is 1.47. The van der Waals surface area contributed by atoms with Gasteiger partial charge in [0, 0.05) is 23.3 Å². The molecule has 0 bridgehead atoms. The first-order valence-electron chi connectivity index (χ1n) is 7.37. The number of carbonyl (C=O) groups is 1. The van der Waals surface area contributed by atoms with Crippen LogP contribution >= 0.6 is 11.6 Å². The standard InChI is InChI=1S/C19H14ClFN2O/c20-17-7-2-1-4-14(17)11-23-19(24)15-8-9-18(22-12-15)13-5-3-6-16(21)10-13/h1-10,12H,11H2,(H,23,24). The molecule has 2 aromatic carbocycles. The minimum Gasteiger partial charge on any atom is -0.348 e. The van der Waals surface area contributed by atoms with Gasteiger partial charge in [-0.1, -0.05) is 41.9 Å². The first-order valence-corrected chi connectivity index (χ1v) is 7.75. The second-order valence-electron chi connectivity index (χ2n) is 5.22. The van der Waals surface area contributed by atoms with Crippen LogP contribution in [0.15, 0.2) is 66.9 Å². The van der Waals surface area contributed by atoms with E-state index < -0.39 is 0 Å². The third kappa shape index (κ3) is 3.78. The van der Waals surface area contributed by atoms with Crippen LogP contribution < -0.4 is 5.32 Å². The van der Waals surface area contributed by atoms with Gasteiger partial charge >= 0.3 is 0 Å². The highest BCUT2D eigenvalue weighted by Gasteiger charge is 2.08. The summed E-state index contributed by atoms with van der Waals surface area (Å²) in [6.45, 7) is 0.337. The fourth-order valence-corrected chi connectivity index (χ4v) is 2.47. The van der Waals surface area contributed by atoms with Crippen molar-refractivity contribution in [3.8, 4) is 11.3 Å². The molecule has 3 rings (SSSR count). The Bertz CT molecular complexity index is 865. The number of benzene rings is 2. The zero-order chi connectivity index (χ0) is 16.9. The lowest BCUT2D eigenvalue weighted by atomic mass is 10.1. The summed E-state index contributed by atoms with van der Waals surface area (Å²) >= 11 is 6.06. The van der Waals surface area contributed by atoms with Crippen molar-refractivity contribution in [2.45, 2.75) is 6.54 Å². The van der Waals surface area contributed by atoms with Gasteiger partial charge < -0.3 is 5.32 Å². The molecule has 0 aliphatic rings. The van der Waals surface area contributed by atoms with Crippen molar-refractivity contribution in [2.75, 3.05) is 0 Å². The molecule has 1 amide bonds. The van der Waals surface area contributed by atoms with Gasteiger partial charge in [-0.2, -0.15) is 0 Å². The zero-order valence-corrected chi connectivity index (χ0v) is 13.4. The predicted octanol–water partition coefficient (Wildman–Crippen LogP) is 4.47. The van der Waals surface area contributed by atoms with E-state index in [1.165, 1.54) is 18.3 Å². The molecule has 0 aliphatic heterocycles. The molecule has 3 aromatic rings. The van der Waals surface area contributed by atoms with Crippen LogP contribution in [0.3, 0.4) is 0 Å². The highest BCUT2D eigenvalue weighted by molar-refractivity contribution is 6.31. The second kappa shape index (κ2) is 7.23. The molecule has 0 unspecified atom stereocenters. The molecule has 0 atom stereocenters. The van der Waals surface area contributed by atoms with Gasteiger partial charge in [-0.3, -0.25) is 9.78 Å². The summed E-state index contributed by atoms with van der Waals surface area (Å²) in [4.78, 5) is 16.4. The third-order valence-electron chi connectivity index (χ3n) is 3.54. The van der Waals surface area contributed by atoms with E-state index in [0.717, 1.165) is 5.56 Å². The Labute approximate surface area is 144 Å². The van der Waals surface area contributed by atoms with Crippen LogP contribution in [0.25, 0.3) is 11.3 Å². The van der Waals surface area contributed by atoms with Crippen molar-refractivity contribution >= 4 is 17.5 Å². The third-order valence-corrected chi connectivity index (χ3v) is 3.91. The van der Waals surface area contributed by atoms with Crippen molar-refractivity contribution in [3.05, 3.63) is 88.8 Å². The van der Waals surface area contributed by atoms with E-state index in [0.29, 0.717) is 28.4 Å². The van der Waals surface area contributed by atoms with Crippen LogP contribution in [0.4, 0.5) is 4.39 Å². The second-order valence-corrected chi connectivity index (χ2v) is 5.62. The Kier molecular flexibility index (Phi) is 4.87. The number of nitrogens with one attached hydrogen (secondary N) is 1. The van der Waals surface area contributed by atoms with Crippen LogP contribution in [0.5, 0.6) is 0 Å². The highest BCUT2D eigenvalue weighted by Crippen LogP contribution is 2.18. The van der Waals surface area contributed by atoms with Crippen LogP contribution in [0.1, 0.15) is 15.9 Å². The molecule has 120 valence electrons. The van der Waals surface area contributed by atoms with Crippen molar-refractivity contribution in [3.63, 3.8) is 0 Å².